The number of carbonyl (C=O) groups excluding carboxylic acids is 1. The number of aryl methyl sites for hydroxylation is 1. The summed E-state index contributed by atoms with van der Waals surface area (Å²) < 4.78 is 21.0. The van der Waals surface area contributed by atoms with Crippen molar-refractivity contribution in [3.8, 4) is 23.0 Å². The molecule has 0 aliphatic rings. The van der Waals surface area contributed by atoms with Crippen LogP contribution in [0.25, 0.3) is 23.0 Å². The second-order valence-corrected chi connectivity index (χ2v) is 7.93. The smallest absolute Gasteiger partial charge is 0.323 e. The van der Waals surface area contributed by atoms with Crippen LogP contribution in [-0.2, 0) is 6.54 Å². The summed E-state index contributed by atoms with van der Waals surface area (Å²) in [5.41, 5.74) is 4.26. The molecule has 35 heavy (non-hydrogen) atoms. The number of anilines is 2. The van der Waals surface area contributed by atoms with Crippen molar-refractivity contribution >= 4 is 17.4 Å². The molecule has 5 rings (SSSR count). The normalized spacial score (nSPS) is 10.8. The number of hydrogen-bond donors (Lipinski definition) is 2. The Bertz CT molecular complexity index is 1480. The maximum absolute atomic E-state index is 13.7. The van der Waals surface area contributed by atoms with Gasteiger partial charge in [-0.15, -0.1) is 0 Å². The lowest BCUT2D eigenvalue weighted by Gasteiger charge is -2.09. The molecule has 5 aromatic rings. The van der Waals surface area contributed by atoms with Crippen molar-refractivity contribution in [2.45, 2.75) is 13.5 Å². The third-order valence-corrected chi connectivity index (χ3v) is 5.36. The molecule has 0 bridgehead atoms. The summed E-state index contributed by atoms with van der Waals surface area (Å²) in [5.74, 6) is 0.377. The Kier molecular flexibility index (Phi) is 6.04. The van der Waals surface area contributed by atoms with E-state index in [1.165, 1.54) is 12.1 Å². The monoisotopic (exact) mass is 468 g/mol. The highest BCUT2D eigenvalue weighted by Gasteiger charge is 2.14. The summed E-state index contributed by atoms with van der Waals surface area (Å²) in [4.78, 5) is 21.0. The first-order valence-corrected chi connectivity index (χ1v) is 10.9. The van der Waals surface area contributed by atoms with Gasteiger partial charge in [0.2, 0.25) is 5.82 Å². The summed E-state index contributed by atoms with van der Waals surface area (Å²) in [6.07, 6.45) is 3.53. The zero-order valence-corrected chi connectivity index (χ0v) is 18.8. The average molecular weight is 468 g/mol. The number of carbonyl (C=O) groups is 1. The van der Waals surface area contributed by atoms with E-state index >= 15 is 0 Å². The number of nitrogens with one attached hydrogen (secondary N) is 2. The van der Waals surface area contributed by atoms with Crippen molar-refractivity contribution < 1.29 is 13.7 Å². The van der Waals surface area contributed by atoms with Gasteiger partial charge in [-0.3, -0.25) is 0 Å². The number of para-hydroxylation sites is 1. The summed E-state index contributed by atoms with van der Waals surface area (Å²) in [6, 6.07) is 20.6. The first-order chi connectivity index (χ1) is 17.0. The van der Waals surface area contributed by atoms with Crippen LogP contribution in [0.3, 0.4) is 0 Å². The Morgan fingerprint density at radius 2 is 1.77 bits per heavy atom. The molecular weight excluding hydrogens is 447 g/mol. The summed E-state index contributed by atoms with van der Waals surface area (Å²) in [6.45, 7) is 2.56. The fourth-order valence-corrected chi connectivity index (χ4v) is 3.57. The zero-order chi connectivity index (χ0) is 24.2. The minimum Gasteiger partial charge on any atom is -0.332 e. The molecule has 0 aliphatic heterocycles. The molecule has 8 nitrogen and oxygen atoms in total. The van der Waals surface area contributed by atoms with E-state index in [4.69, 9.17) is 4.52 Å². The number of benzene rings is 3. The number of imidazole rings is 1. The van der Waals surface area contributed by atoms with Gasteiger partial charge in [0.15, 0.2) is 0 Å². The van der Waals surface area contributed by atoms with E-state index in [1.54, 1.807) is 30.6 Å². The highest BCUT2D eigenvalue weighted by molar-refractivity contribution is 5.99. The van der Waals surface area contributed by atoms with Crippen LogP contribution in [-0.4, -0.2) is 25.7 Å². The highest BCUT2D eigenvalue weighted by Crippen LogP contribution is 2.23. The minimum atomic E-state index is -0.522. The van der Waals surface area contributed by atoms with Crippen molar-refractivity contribution in [1.82, 2.24) is 19.7 Å². The zero-order valence-electron chi connectivity index (χ0n) is 18.8. The van der Waals surface area contributed by atoms with Gasteiger partial charge in [0.05, 0.1) is 12.0 Å². The van der Waals surface area contributed by atoms with Gasteiger partial charge in [0, 0.05) is 24.0 Å². The predicted molar refractivity (Wildman–Crippen MR) is 130 cm³/mol. The number of rotatable bonds is 6. The van der Waals surface area contributed by atoms with E-state index in [1.807, 2.05) is 54.1 Å². The Labute approximate surface area is 200 Å². The first-order valence-electron chi connectivity index (χ1n) is 10.9. The van der Waals surface area contributed by atoms with Crippen LogP contribution in [0, 0.1) is 12.7 Å². The topological polar surface area (TPSA) is 97.9 Å². The largest absolute Gasteiger partial charge is 0.332 e. The Hall–Kier alpha value is -4.79. The minimum absolute atomic E-state index is 0.116. The molecule has 0 radical (unpaired) electrons. The molecule has 0 saturated heterocycles. The lowest BCUT2D eigenvalue weighted by molar-refractivity contribution is 0.262. The van der Waals surface area contributed by atoms with Crippen molar-refractivity contribution in [3.63, 3.8) is 0 Å². The molecule has 2 heterocycles. The van der Waals surface area contributed by atoms with Crippen molar-refractivity contribution in [2.75, 3.05) is 10.6 Å². The SMILES string of the molecule is Cc1ccccc1-c1noc(-c2cn(Cc3ccc(NC(=O)Nc4ccccc4F)cc3)cn2)n1. The van der Waals surface area contributed by atoms with Crippen LogP contribution in [0.2, 0.25) is 0 Å². The van der Waals surface area contributed by atoms with Gasteiger partial charge in [0.25, 0.3) is 5.89 Å². The lowest BCUT2D eigenvalue weighted by atomic mass is 10.1. The second kappa shape index (κ2) is 9.60. The van der Waals surface area contributed by atoms with E-state index in [0.29, 0.717) is 29.6 Å². The molecule has 0 atom stereocenters. The molecule has 2 N–H and O–H groups in total. The van der Waals surface area contributed by atoms with Crippen LogP contribution < -0.4 is 10.6 Å². The molecule has 0 unspecified atom stereocenters. The van der Waals surface area contributed by atoms with Crippen molar-refractivity contribution in [2.24, 2.45) is 0 Å². The van der Waals surface area contributed by atoms with Gasteiger partial charge in [-0.1, -0.05) is 53.7 Å². The quantitative estimate of drug-likeness (QED) is 0.331. The number of nitrogens with zero attached hydrogens (tertiary/aromatic N) is 4. The number of amides is 2. The first kappa shape index (κ1) is 22.0. The van der Waals surface area contributed by atoms with Gasteiger partial charge < -0.3 is 19.7 Å². The van der Waals surface area contributed by atoms with E-state index < -0.39 is 11.8 Å². The van der Waals surface area contributed by atoms with Gasteiger partial charge in [-0.25, -0.2) is 14.2 Å². The van der Waals surface area contributed by atoms with E-state index in [-0.39, 0.29) is 5.69 Å². The van der Waals surface area contributed by atoms with Crippen LogP contribution in [0.5, 0.6) is 0 Å². The van der Waals surface area contributed by atoms with Crippen molar-refractivity contribution in [1.29, 1.82) is 0 Å². The molecule has 2 aromatic heterocycles. The Balaban J connectivity index is 1.21. The van der Waals surface area contributed by atoms with Crippen LogP contribution in [0.15, 0.2) is 89.8 Å². The summed E-state index contributed by atoms with van der Waals surface area (Å²) >= 11 is 0. The predicted octanol–water partition coefficient (Wildman–Crippen LogP) is 5.74. The standard InChI is InChI=1S/C26H21FN6O2/c1-17-6-2-3-7-20(17)24-31-25(35-32-24)23-15-33(16-28-23)14-18-10-12-19(13-11-18)29-26(34)30-22-9-5-4-8-21(22)27/h2-13,15-16H,14H2,1H3,(H2,29,30,34). The second-order valence-electron chi connectivity index (χ2n) is 7.93. The van der Waals surface area contributed by atoms with Gasteiger partial charge in [0.1, 0.15) is 11.5 Å². The molecule has 0 spiro atoms. The van der Waals surface area contributed by atoms with E-state index in [2.05, 4.69) is 25.8 Å². The molecule has 0 saturated carbocycles. The van der Waals surface area contributed by atoms with Crippen LogP contribution in [0.1, 0.15) is 11.1 Å². The Morgan fingerprint density at radius 3 is 2.57 bits per heavy atom. The Morgan fingerprint density at radius 1 is 1.00 bits per heavy atom. The fraction of sp³-hybridized carbons (Fsp3) is 0.0769. The number of aromatic nitrogens is 4. The van der Waals surface area contributed by atoms with Crippen LogP contribution in [0.4, 0.5) is 20.6 Å². The van der Waals surface area contributed by atoms with Crippen LogP contribution >= 0.6 is 0 Å². The van der Waals surface area contributed by atoms with Gasteiger partial charge >= 0.3 is 6.03 Å². The molecule has 0 fully saturated rings. The molecule has 174 valence electrons. The summed E-state index contributed by atoms with van der Waals surface area (Å²) in [7, 11) is 0. The molecular formula is C26H21FN6O2. The maximum atomic E-state index is 13.7. The van der Waals surface area contributed by atoms with Gasteiger partial charge in [-0.2, -0.15) is 4.98 Å². The average Bonchev–Trinajstić information content (AvgIpc) is 3.52. The highest BCUT2D eigenvalue weighted by atomic mass is 19.1. The third kappa shape index (κ3) is 5.09. The molecule has 2 amide bonds. The fourth-order valence-electron chi connectivity index (χ4n) is 3.57. The maximum Gasteiger partial charge on any atom is 0.323 e. The third-order valence-electron chi connectivity index (χ3n) is 5.36. The summed E-state index contributed by atoms with van der Waals surface area (Å²) in [5, 5.41) is 9.27. The molecule has 0 aliphatic carbocycles. The number of urea groups is 1. The molecule has 3 aromatic carbocycles. The lowest BCUT2D eigenvalue weighted by Crippen LogP contribution is -2.20. The molecule has 9 heteroatoms. The van der Waals surface area contributed by atoms with Crippen molar-refractivity contribution in [3.05, 3.63) is 102 Å². The van der Waals surface area contributed by atoms with Gasteiger partial charge in [-0.05, 0) is 42.3 Å². The van der Waals surface area contributed by atoms with E-state index in [9.17, 15) is 9.18 Å². The van der Waals surface area contributed by atoms with E-state index in [0.717, 1.165) is 16.7 Å². The number of halogens is 1. The number of hydrogen-bond acceptors (Lipinski definition) is 5.